The van der Waals surface area contributed by atoms with Gasteiger partial charge < -0.3 is 4.74 Å². The van der Waals surface area contributed by atoms with Crippen LogP contribution < -0.4 is 0 Å². The smallest absolute Gasteiger partial charge is 0.333 e. The maximum absolute atomic E-state index is 13.0. The lowest BCUT2D eigenvalue weighted by atomic mass is 10.0. The van der Waals surface area contributed by atoms with Crippen LogP contribution >= 0.6 is 0 Å². The standard InChI is InChI=1S/C10H15F3O2/c1-7(2)8(14)15-6-5-10(12,13)9(3,4)11/h1,5-6H2,2-4H3. The molecule has 0 bridgehead atoms. The van der Waals surface area contributed by atoms with Gasteiger partial charge in [-0.25, -0.2) is 18.0 Å². The predicted molar refractivity (Wildman–Crippen MR) is 50.5 cm³/mol. The van der Waals surface area contributed by atoms with Crippen molar-refractivity contribution >= 4 is 5.97 Å². The maximum atomic E-state index is 13.0. The van der Waals surface area contributed by atoms with Gasteiger partial charge in [0.05, 0.1) is 6.61 Å². The molecular formula is C10H15F3O2. The van der Waals surface area contributed by atoms with Crippen LogP contribution in [-0.4, -0.2) is 24.2 Å². The third-order valence-corrected chi connectivity index (χ3v) is 1.87. The lowest BCUT2D eigenvalue weighted by molar-refractivity contribution is -0.151. The van der Waals surface area contributed by atoms with Crippen LogP contribution in [0, 0.1) is 0 Å². The van der Waals surface area contributed by atoms with Crippen LogP contribution in [0.15, 0.2) is 12.2 Å². The van der Waals surface area contributed by atoms with E-state index < -0.39 is 30.6 Å². The van der Waals surface area contributed by atoms with Gasteiger partial charge >= 0.3 is 5.97 Å². The molecule has 0 aromatic heterocycles. The molecule has 0 unspecified atom stereocenters. The summed E-state index contributed by atoms with van der Waals surface area (Å²) in [7, 11) is 0. The largest absolute Gasteiger partial charge is 0.462 e. The summed E-state index contributed by atoms with van der Waals surface area (Å²) in [5.41, 5.74) is -2.50. The summed E-state index contributed by atoms with van der Waals surface area (Å²) in [6.45, 7) is 5.73. The summed E-state index contributed by atoms with van der Waals surface area (Å²) in [5.74, 6) is -4.26. The average molecular weight is 224 g/mol. The van der Waals surface area contributed by atoms with E-state index in [1.165, 1.54) is 6.92 Å². The van der Waals surface area contributed by atoms with Crippen molar-refractivity contribution in [2.24, 2.45) is 0 Å². The van der Waals surface area contributed by atoms with Crippen LogP contribution in [0.3, 0.4) is 0 Å². The zero-order chi connectivity index (χ0) is 12.3. The highest BCUT2D eigenvalue weighted by Gasteiger charge is 2.47. The Balaban J connectivity index is 4.07. The van der Waals surface area contributed by atoms with Crippen LogP contribution in [0.2, 0.25) is 0 Å². The van der Waals surface area contributed by atoms with E-state index in [0.29, 0.717) is 0 Å². The first-order chi connectivity index (χ1) is 6.58. The lowest BCUT2D eigenvalue weighted by Gasteiger charge is -2.26. The van der Waals surface area contributed by atoms with Gasteiger partial charge in [-0.15, -0.1) is 0 Å². The Morgan fingerprint density at radius 2 is 1.80 bits per heavy atom. The second kappa shape index (κ2) is 4.68. The summed E-state index contributed by atoms with van der Waals surface area (Å²) in [6, 6.07) is 0. The predicted octanol–water partition coefficient (Wildman–Crippen LogP) is 2.88. The van der Waals surface area contributed by atoms with Crippen molar-refractivity contribution in [2.75, 3.05) is 6.61 Å². The molecule has 88 valence electrons. The van der Waals surface area contributed by atoms with Crippen molar-refractivity contribution in [3.05, 3.63) is 12.2 Å². The van der Waals surface area contributed by atoms with E-state index in [1.54, 1.807) is 0 Å². The third kappa shape index (κ3) is 4.36. The first kappa shape index (κ1) is 14.0. The van der Waals surface area contributed by atoms with E-state index in [1.807, 2.05) is 0 Å². The highest BCUT2D eigenvalue weighted by Crippen LogP contribution is 2.34. The maximum Gasteiger partial charge on any atom is 0.333 e. The van der Waals surface area contributed by atoms with E-state index in [9.17, 15) is 18.0 Å². The highest BCUT2D eigenvalue weighted by atomic mass is 19.3. The monoisotopic (exact) mass is 224 g/mol. The number of rotatable bonds is 5. The Morgan fingerprint density at radius 1 is 1.33 bits per heavy atom. The average Bonchev–Trinajstić information content (AvgIpc) is 2.01. The van der Waals surface area contributed by atoms with Gasteiger partial charge in [0, 0.05) is 12.0 Å². The van der Waals surface area contributed by atoms with Gasteiger partial charge in [0.15, 0.2) is 5.67 Å². The Bertz CT molecular complexity index is 254. The molecule has 0 saturated carbocycles. The number of carbonyl (C=O) groups is 1. The van der Waals surface area contributed by atoms with Crippen molar-refractivity contribution in [1.29, 1.82) is 0 Å². The van der Waals surface area contributed by atoms with Gasteiger partial charge in [-0.05, 0) is 20.8 Å². The fourth-order valence-corrected chi connectivity index (χ4v) is 0.692. The van der Waals surface area contributed by atoms with E-state index in [0.717, 1.165) is 13.8 Å². The minimum atomic E-state index is -3.51. The van der Waals surface area contributed by atoms with Gasteiger partial charge in [0.1, 0.15) is 0 Å². The van der Waals surface area contributed by atoms with E-state index >= 15 is 0 Å². The number of ether oxygens (including phenoxy) is 1. The number of carbonyl (C=O) groups excluding carboxylic acids is 1. The molecule has 0 radical (unpaired) electrons. The number of esters is 1. The topological polar surface area (TPSA) is 26.3 Å². The number of hydrogen-bond donors (Lipinski definition) is 0. The van der Waals surface area contributed by atoms with E-state index in [4.69, 9.17) is 0 Å². The van der Waals surface area contributed by atoms with Gasteiger partial charge in [0.2, 0.25) is 0 Å². The molecule has 0 rings (SSSR count). The summed E-state index contributed by atoms with van der Waals surface area (Å²) in [5, 5.41) is 0. The highest BCUT2D eigenvalue weighted by molar-refractivity contribution is 5.86. The first-order valence-electron chi connectivity index (χ1n) is 4.47. The molecule has 15 heavy (non-hydrogen) atoms. The molecule has 0 fully saturated rings. The Morgan fingerprint density at radius 3 is 2.13 bits per heavy atom. The third-order valence-electron chi connectivity index (χ3n) is 1.87. The fourth-order valence-electron chi connectivity index (χ4n) is 0.692. The minimum Gasteiger partial charge on any atom is -0.462 e. The van der Waals surface area contributed by atoms with E-state index in [-0.39, 0.29) is 5.57 Å². The molecule has 0 aliphatic heterocycles. The molecule has 0 aliphatic rings. The normalized spacial score (nSPS) is 12.4. The summed E-state index contributed by atoms with van der Waals surface area (Å²) in [4.78, 5) is 10.8. The van der Waals surface area contributed by atoms with Crippen LogP contribution in [-0.2, 0) is 9.53 Å². The molecule has 2 nitrogen and oxygen atoms in total. The minimum absolute atomic E-state index is 0.123. The van der Waals surface area contributed by atoms with Crippen LogP contribution in [0.5, 0.6) is 0 Å². The first-order valence-corrected chi connectivity index (χ1v) is 4.47. The second-order valence-electron chi connectivity index (χ2n) is 3.84. The lowest BCUT2D eigenvalue weighted by Crippen LogP contribution is -2.39. The molecule has 5 heteroatoms. The van der Waals surface area contributed by atoms with Crippen LogP contribution in [0.4, 0.5) is 13.2 Å². The molecule has 0 spiro atoms. The van der Waals surface area contributed by atoms with Crippen LogP contribution in [0.25, 0.3) is 0 Å². The summed E-state index contributed by atoms with van der Waals surface area (Å²) < 4.78 is 43.4. The molecule has 0 atom stereocenters. The molecule has 0 amide bonds. The zero-order valence-electron chi connectivity index (χ0n) is 9.07. The van der Waals surface area contributed by atoms with E-state index in [2.05, 4.69) is 11.3 Å². The quantitative estimate of drug-likeness (QED) is 0.530. The molecular weight excluding hydrogens is 209 g/mol. The molecule has 0 aromatic carbocycles. The van der Waals surface area contributed by atoms with Crippen molar-refractivity contribution in [3.63, 3.8) is 0 Å². The van der Waals surface area contributed by atoms with Crippen molar-refractivity contribution in [2.45, 2.75) is 38.8 Å². The summed E-state index contributed by atoms with van der Waals surface area (Å²) in [6.07, 6.45) is -0.838. The molecule has 0 N–H and O–H groups in total. The van der Waals surface area contributed by atoms with Gasteiger partial charge in [-0.3, -0.25) is 0 Å². The Kier molecular flexibility index (Phi) is 4.37. The van der Waals surface area contributed by atoms with Gasteiger partial charge in [-0.2, -0.15) is 0 Å². The van der Waals surface area contributed by atoms with Crippen molar-refractivity contribution < 1.29 is 22.7 Å². The second-order valence-corrected chi connectivity index (χ2v) is 3.84. The molecule has 0 saturated heterocycles. The molecule has 0 aromatic rings. The van der Waals surface area contributed by atoms with Crippen molar-refractivity contribution in [1.82, 2.24) is 0 Å². The van der Waals surface area contributed by atoms with Gasteiger partial charge in [-0.1, -0.05) is 6.58 Å². The number of halogens is 3. The number of hydrogen-bond acceptors (Lipinski definition) is 2. The zero-order valence-corrected chi connectivity index (χ0v) is 9.07. The molecule has 0 heterocycles. The van der Waals surface area contributed by atoms with Gasteiger partial charge in [0.25, 0.3) is 5.92 Å². The van der Waals surface area contributed by atoms with Crippen molar-refractivity contribution in [3.8, 4) is 0 Å². The molecule has 0 aliphatic carbocycles. The number of alkyl halides is 3. The van der Waals surface area contributed by atoms with Crippen LogP contribution in [0.1, 0.15) is 27.2 Å². The fraction of sp³-hybridized carbons (Fsp3) is 0.700. The Labute approximate surface area is 87.1 Å². The Hall–Kier alpha value is -1.00. The SMILES string of the molecule is C=C(C)C(=O)OCCC(F)(F)C(C)(C)F. The summed E-state index contributed by atoms with van der Waals surface area (Å²) >= 11 is 0.